The van der Waals surface area contributed by atoms with E-state index in [9.17, 15) is 9.59 Å². The molecule has 1 heterocycles. The summed E-state index contributed by atoms with van der Waals surface area (Å²) >= 11 is 0. The average Bonchev–Trinajstić information content (AvgIpc) is 2.73. The smallest absolute Gasteiger partial charge is 0.303 e. The van der Waals surface area contributed by atoms with Crippen LogP contribution >= 0.6 is 0 Å². The second kappa shape index (κ2) is 5.73. The molecule has 0 radical (unpaired) electrons. The molecule has 0 bridgehead atoms. The molecule has 1 aromatic rings. The highest BCUT2D eigenvalue weighted by molar-refractivity contribution is 5.99. The number of carbonyl (C=O) groups excluding carboxylic acids is 1. The highest BCUT2D eigenvalue weighted by atomic mass is 16.4. The lowest BCUT2D eigenvalue weighted by molar-refractivity contribution is -0.137. The first-order valence-electron chi connectivity index (χ1n) is 6.42. The van der Waals surface area contributed by atoms with Crippen LogP contribution in [-0.4, -0.2) is 30.6 Å². The lowest BCUT2D eigenvalue weighted by Crippen LogP contribution is -2.18. The molecule has 0 unspecified atom stereocenters. The van der Waals surface area contributed by atoms with Gasteiger partial charge in [-0.25, -0.2) is 0 Å². The van der Waals surface area contributed by atoms with E-state index in [2.05, 4.69) is 10.2 Å². The van der Waals surface area contributed by atoms with Crippen LogP contribution in [0.2, 0.25) is 0 Å². The third-order valence-electron chi connectivity index (χ3n) is 3.29. The van der Waals surface area contributed by atoms with Crippen LogP contribution in [0, 0.1) is 0 Å². The predicted molar refractivity (Wildman–Crippen MR) is 73.5 cm³/mol. The molecule has 1 aromatic carbocycles. The number of nitrogens with zero attached hydrogens (tertiary/aromatic N) is 1. The van der Waals surface area contributed by atoms with Gasteiger partial charge in [0.1, 0.15) is 0 Å². The first kappa shape index (κ1) is 13.4. The quantitative estimate of drug-likeness (QED) is 0.768. The molecule has 1 aliphatic heterocycles. The summed E-state index contributed by atoms with van der Waals surface area (Å²) in [5.41, 5.74) is 2.98. The van der Waals surface area contributed by atoms with Crippen molar-refractivity contribution in [3.05, 3.63) is 23.8 Å². The van der Waals surface area contributed by atoms with Gasteiger partial charge >= 0.3 is 5.97 Å². The first-order valence-corrected chi connectivity index (χ1v) is 6.42. The summed E-state index contributed by atoms with van der Waals surface area (Å²) in [4.78, 5) is 23.8. The van der Waals surface area contributed by atoms with E-state index in [-0.39, 0.29) is 12.3 Å². The molecule has 2 rings (SSSR count). The lowest BCUT2D eigenvalue weighted by atomic mass is 10.1. The van der Waals surface area contributed by atoms with E-state index < -0.39 is 5.97 Å². The van der Waals surface area contributed by atoms with Crippen molar-refractivity contribution in [3.63, 3.8) is 0 Å². The van der Waals surface area contributed by atoms with Crippen molar-refractivity contribution in [1.29, 1.82) is 0 Å². The SMILES string of the molecule is CN(CCCCC(=O)O)c1ccc2c(c1)CC(=O)N2. The monoisotopic (exact) mass is 262 g/mol. The maximum absolute atomic E-state index is 11.3. The zero-order valence-electron chi connectivity index (χ0n) is 11.0. The van der Waals surface area contributed by atoms with E-state index in [1.165, 1.54) is 0 Å². The zero-order chi connectivity index (χ0) is 13.8. The minimum Gasteiger partial charge on any atom is -0.481 e. The maximum atomic E-state index is 11.3. The van der Waals surface area contributed by atoms with E-state index in [4.69, 9.17) is 5.11 Å². The summed E-state index contributed by atoms with van der Waals surface area (Å²) in [5.74, 6) is -0.707. The molecule has 1 amide bonds. The number of hydrogen-bond acceptors (Lipinski definition) is 3. The molecule has 19 heavy (non-hydrogen) atoms. The number of carboxylic acid groups (broad SMARTS) is 1. The summed E-state index contributed by atoms with van der Waals surface area (Å²) in [5, 5.41) is 11.4. The van der Waals surface area contributed by atoms with Crippen molar-refractivity contribution < 1.29 is 14.7 Å². The molecule has 1 aliphatic rings. The number of rotatable bonds is 6. The zero-order valence-corrected chi connectivity index (χ0v) is 11.0. The average molecular weight is 262 g/mol. The van der Waals surface area contributed by atoms with Crippen LogP contribution in [-0.2, 0) is 16.0 Å². The fraction of sp³-hybridized carbons (Fsp3) is 0.429. The van der Waals surface area contributed by atoms with Crippen molar-refractivity contribution in [2.45, 2.75) is 25.7 Å². The molecule has 5 heteroatoms. The highest BCUT2D eigenvalue weighted by Crippen LogP contribution is 2.27. The van der Waals surface area contributed by atoms with Gasteiger partial charge in [0.05, 0.1) is 6.42 Å². The molecule has 0 aliphatic carbocycles. The summed E-state index contributed by atoms with van der Waals surface area (Å²) in [6, 6.07) is 5.91. The van der Waals surface area contributed by atoms with Gasteiger partial charge in [0.2, 0.25) is 5.91 Å². The summed E-state index contributed by atoms with van der Waals surface area (Å²) < 4.78 is 0. The molecule has 0 saturated carbocycles. The normalized spacial score (nSPS) is 13.0. The number of benzene rings is 1. The number of anilines is 2. The highest BCUT2D eigenvalue weighted by Gasteiger charge is 2.18. The van der Waals surface area contributed by atoms with Crippen molar-refractivity contribution >= 4 is 23.3 Å². The maximum Gasteiger partial charge on any atom is 0.303 e. The van der Waals surface area contributed by atoms with Crippen LogP contribution in [0.3, 0.4) is 0 Å². The molecule has 0 atom stereocenters. The van der Waals surface area contributed by atoms with E-state index >= 15 is 0 Å². The van der Waals surface area contributed by atoms with Crippen molar-refractivity contribution in [2.24, 2.45) is 0 Å². The van der Waals surface area contributed by atoms with Crippen molar-refractivity contribution in [3.8, 4) is 0 Å². The van der Waals surface area contributed by atoms with E-state index in [0.29, 0.717) is 12.8 Å². The van der Waals surface area contributed by atoms with Gasteiger partial charge < -0.3 is 15.3 Å². The molecular formula is C14H18N2O3. The van der Waals surface area contributed by atoms with E-state index in [1.807, 2.05) is 25.2 Å². The third kappa shape index (κ3) is 3.47. The number of fused-ring (bicyclic) bond motifs is 1. The van der Waals surface area contributed by atoms with Crippen molar-refractivity contribution in [2.75, 3.05) is 23.8 Å². The largest absolute Gasteiger partial charge is 0.481 e. The Morgan fingerprint density at radius 2 is 2.21 bits per heavy atom. The molecule has 2 N–H and O–H groups in total. The fourth-order valence-electron chi connectivity index (χ4n) is 2.21. The van der Waals surface area contributed by atoms with Gasteiger partial charge in [-0.15, -0.1) is 0 Å². The van der Waals surface area contributed by atoms with Crippen LogP contribution in [0.4, 0.5) is 11.4 Å². The Hall–Kier alpha value is -2.04. The Labute approximate surface area is 112 Å². The van der Waals surface area contributed by atoms with Gasteiger partial charge in [0.15, 0.2) is 0 Å². The Morgan fingerprint density at radius 1 is 1.42 bits per heavy atom. The fourth-order valence-corrected chi connectivity index (χ4v) is 2.21. The Kier molecular flexibility index (Phi) is 4.04. The molecule has 0 spiro atoms. The summed E-state index contributed by atoms with van der Waals surface area (Å²) in [6.45, 7) is 0.813. The summed E-state index contributed by atoms with van der Waals surface area (Å²) in [6.07, 6.45) is 2.19. The van der Waals surface area contributed by atoms with Gasteiger partial charge in [-0.2, -0.15) is 0 Å². The molecule has 5 nitrogen and oxygen atoms in total. The summed E-state index contributed by atoms with van der Waals surface area (Å²) in [7, 11) is 1.98. The van der Waals surface area contributed by atoms with Gasteiger partial charge in [0.25, 0.3) is 0 Å². The second-order valence-corrected chi connectivity index (χ2v) is 4.84. The number of carboxylic acids is 1. The van der Waals surface area contributed by atoms with Crippen LogP contribution < -0.4 is 10.2 Å². The van der Waals surface area contributed by atoms with Gasteiger partial charge in [-0.1, -0.05) is 0 Å². The minimum absolute atomic E-state index is 0.0382. The van der Waals surface area contributed by atoms with Crippen LogP contribution in [0.5, 0.6) is 0 Å². The Morgan fingerprint density at radius 3 is 2.95 bits per heavy atom. The molecule has 0 saturated heterocycles. The molecule has 102 valence electrons. The second-order valence-electron chi connectivity index (χ2n) is 4.84. The molecule has 0 aromatic heterocycles. The number of aliphatic carboxylic acids is 1. The molecular weight excluding hydrogens is 244 g/mol. The first-order chi connectivity index (χ1) is 9.06. The van der Waals surface area contributed by atoms with Crippen LogP contribution in [0.25, 0.3) is 0 Å². The topological polar surface area (TPSA) is 69.6 Å². The predicted octanol–water partition coefficient (Wildman–Crippen LogP) is 1.87. The Balaban J connectivity index is 1.89. The van der Waals surface area contributed by atoms with E-state index in [1.54, 1.807) is 0 Å². The number of carbonyl (C=O) groups is 2. The standard InChI is InChI=1S/C14H18N2O3/c1-16(7-3-2-4-14(18)19)11-5-6-12-10(8-11)9-13(17)15-12/h5-6,8H,2-4,7,9H2,1H3,(H,15,17)(H,18,19). The number of hydrogen-bond donors (Lipinski definition) is 2. The van der Waals surface area contributed by atoms with Gasteiger partial charge in [-0.3, -0.25) is 9.59 Å². The van der Waals surface area contributed by atoms with Crippen LogP contribution in [0.1, 0.15) is 24.8 Å². The lowest BCUT2D eigenvalue weighted by Gasteiger charge is -2.19. The Bertz CT molecular complexity index is 499. The minimum atomic E-state index is -0.746. The number of unbranched alkanes of at least 4 members (excludes halogenated alkanes) is 1. The van der Waals surface area contributed by atoms with E-state index in [0.717, 1.165) is 29.9 Å². The number of amides is 1. The van der Waals surface area contributed by atoms with Crippen molar-refractivity contribution in [1.82, 2.24) is 0 Å². The molecule has 0 fully saturated rings. The van der Waals surface area contributed by atoms with Crippen LogP contribution in [0.15, 0.2) is 18.2 Å². The number of nitrogens with one attached hydrogen (secondary N) is 1. The van der Waals surface area contributed by atoms with Gasteiger partial charge in [0, 0.05) is 31.4 Å². The third-order valence-corrected chi connectivity index (χ3v) is 3.29. The van der Waals surface area contributed by atoms with Gasteiger partial charge in [-0.05, 0) is 36.6 Å².